The van der Waals surface area contributed by atoms with E-state index in [-0.39, 0.29) is 18.0 Å². The lowest BCUT2D eigenvalue weighted by Crippen LogP contribution is -1.88. The summed E-state index contributed by atoms with van der Waals surface area (Å²) in [6.45, 7) is 0. The van der Waals surface area contributed by atoms with Gasteiger partial charge in [0.05, 0.1) is 11.0 Å². The maximum Gasteiger partial charge on any atom is 0.269 e. The average molecular weight is 230 g/mol. The minimum absolute atomic E-state index is 0.00510. The Morgan fingerprint density at radius 1 is 1.41 bits per heavy atom. The fourth-order valence-electron chi connectivity index (χ4n) is 1.24. The molecule has 0 amide bonds. The van der Waals surface area contributed by atoms with E-state index >= 15 is 0 Å². The number of nitro groups is 1. The van der Waals surface area contributed by atoms with Crippen molar-refractivity contribution >= 4 is 5.69 Å². The molecule has 84 valence electrons. The van der Waals surface area contributed by atoms with Gasteiger partial charge in [-0.2, -0.15) is 10.2 Å². The van der Waals surface area contributed by atoms with Crippen molar-refractivity contribution in [1.82, 2.24) is 10.1 Å². The predicted molar refractivity (Wildman–Crippen MR) is 55.7 cm³/mol. The minimum atomic E-state index is -0.485. The normalized spacial score (nSPS) is 9.82. The quantitative estimate of drug-likeness (QED) is 0.586. The summed E-state index contributed by atoms with van der Waals surface area (Å²) >= 11 is 0. The van der Waals surface area contributed by atoms with Crippen molar-refractivity contribution in [3.8, 4) is 17.5 Å². The molecule has 0 aliphatic rings. The number of aromatic nitrogens is 2. The summed E-state index contributed by atoms with van der Waals surface area (Å²) in [4.78, 5) is 13.9. The first kappa shape index (κ1) is 10.8. The maximum atomic E-state index is 10.5. The molecule has 0 aliphatic heterocycles. The fraction of sp³-hybridized carbons (Fsp3) is 0.100. The smallest absolute Gasteiger partial charge is 0.269 e. The van der Waals surface area contributed by atoms with E-state index in [0.29, 0.717) is 11.4 Å². The van der Waals surface area contributed by atoms with Gasteiger partial charge in [-0.15, -0.1) is 0 Å². The van der Waals surface area contributed by atoms with Crippen molar-refractivity contribution in [3.63, 3.8) is 0 Å². The van der Waals surface area contributed by atoms with Crippen molar-refractivity contribution < 1.29 is 9.45 Å². The number of hydrogen-bond donors (Lipinski definition) is 0. The van der Waals surface area contributed by atoms with Gasteiger partial charge in [0.25, 0.3) is 5.69 Å². The molecule has 0 atom stereocenters. The summed E-state index contributed by atoms with van der Waals surface area (Å²) in [6.07, 6.45) is 0.0416. The van der Waals surface area contributed by atoms with E-state index in [0.717, 1.165) is 0 Å². The third kappa shape index (κ3) is 2.26. The lowest BCUT2D eigenvalue weighted by atomic mass is 10.2. The number of benzene rings is 1. The SMILES string of the molecule is N#CCc1nc(-c2ccc([N+](=O)[O-])cc2)no1. The number of nitriles is 1. The van der Waals surface area contributed by atoms with Crippen molar-refractivity contribution in [2.24, 2.45) is 0 Å². The fourth-order valence-corrected chi connectivity index (χ4v) is 1.24. The van der Waals surface area contributed by atoms with Gasteiger partial charge in [0.15, 0.2) is 0 Å². The molecule has 2 rings (SSSR count). The molecule has 0 aliphatic carbocycles. The molecule has 1 aromatic heterocycles. The van der Waals surface area contributed by atoms with Crippen LogP contribution in [0.2, 0.25) is 0 Å². The van der Waals surface area contributed by atoms with Crippen LogP contribution in [0.1, 0.15) is 5.89 Å². The minimum Gasteiger partial charge on any atom is -0.338 e. The van der Waals surface area contributed by atoms with E-state index in [1.54, 1.807) is 0 Å². The predicted octanol–water partition coefficient (Wildman–Crippen LogP) is 1.71. The molecule has 1 heterocycles. The first-order valence-corrected chi connectivity index (χ1v) is 4.65. The van der Waals surface area contributed by atoms with Crippen LogP contribution in [0.5, 0.6) is 0 Å². The molecule has 0 radical (unpaired) electrons. The molecule has 0 fully saturated rings. The van der Waals surface area contributed by atoms with Gasteiger partial charge < -0.3 is 4.52 Å². The van der Waals surface area contributed by atoms with Gasteiger partial charge in [0, 0.05) is 17.7 Å². The Morgan fingerprint density at radius 2 is 2.12 bits per heavy atom. The molecule has 7 heteroatoms. The highest BCUT2D eigenvalue weighted by molar-refractivity contribution is 5.56. The number of hydrogen-bond acceptors (Lipinski definition) is 6. The molecule has 0 N–H and O–H groups in total. The Hall–Kier alpha value is -2.75. The van der Waals surface area contributed by atoms with Crippen LogP contribution in [0.15, 0.2) is 28.8 Å². The van der Waals surface area contributed by atoms with Crippen molar-refractivity contribution in [2.45, 2.75) is 6.42 Å². The molecule has 0 saturated heterocycles. The average Bonchev–Trinajstić information content (AvgIpc) is 2.78. The molecule has 17 heavy (non-hydrogen) atoms. The first-order valence-electron chi connectivity index (χ1n) is 4.65. The molecule has 0 saturated carbocycles. The van der Waals surface area contributed by atoms with Gasteiger partial charge in [-0.05, 0) is 12.1 Å². The number of nitrogens with zero attached hydrogens (tertiary/aromatic N) is 4. The highest BCUT2D eigenvalue weighted by Gasteiger charge is 2.10. The first-order chi connectivity index (χ1) is 8.20. The highest BCUT2D eigenvalue weighted by Crippen LogP contribution is 2.19. The Labute approximate surface area is 95.4 Å². The van der Waals surface area contributed by atoms with Gasteiger partial charge in [-0.3, -0.25) is 10.1 Å². The molecular formula is C10H6N4O3. The molecule has 0 unspecified atom stereocenters. The lowest BCUT2D eigenvalue weighted by molar-refractivity contribution is -0.384. The number of nitro benzene ring substituents is 1. The zero-order chi connectivity index (χ0) is 12.3. The second-order valence-corrected chi connectivity index (χ2v) is 3.15. The molecule has 7 nitrogen and oxygen atoms in total. The van der Waals surface area contributed by atoms with Gasteiger partial charge in [-0.25, -0.2) is 0 Å². The third-order valence-corrected chi connectivity index (χ3v) is 2.03. The summed E-state index contributed by atoms with van der Waals surface area (Å²) in [5.41, 5.74) is 0.595. The summed E-state index contributed by atoms with van der Waals surface area (Å²) in [7, 11) is 0. The van der Waals surface area contributed by atoms with Crippen molar-refractivity contribution in [1.29, 1.82) is 5.26 Å². The van der Waals surface area contributed by atoms with E-state index in [4.69, 9.17) is 9.78 Å². The Bertz CT molecular complexity index is 582. The monoisotopic (exact) mass is 230 g/mol. The van der Waals surface area contributed by atoms with Gasteiger partial charge >= 0.3 is 0 Å². The van der Waals surface area contributed by atoms with Crippen LogP contribution in [0, 0.1) is 21.4 Å². The lowest BCUT2D eigenvalue weighted by Gasteiger charge is -1.93. The summed E-state index contributed by atoms with van der Waals surface area (Å²) in [5.74, 6) is 0.533. The van der Waals surface area contributed by atoms with Gasteiger partial charge in [-0.1, -0.05) is 5.16 Å². The zero-order valence-electron chi connectivity index (χ0n) is 8.53. The Morgan fingerprint density at radius 3 is 2.71 bits per heavy atom. The molecule has 0 spiro atoms. The van der Waals surface area contributed by atoms with E-state index in [9.17, 15) is 10.1 Å². The van der Waals surface area contributed by atoms with Crippen LogP contribution in [-0.2, 0) is 6.42 Å². The third-order valence-electron chi connectivity index (χ3n) is 2.03. The van der Waals surface area contributed by atoms with Crippen LogP contribution < -0.4 is 0 Å². The van der Waals surface area contributed by atoms with Crippen LogP contribution in [0.25, 0.3) is 11.4 Å². The van der Waals surface area contributed by atoms with E-state index in [2.05, 4.69) is 10.1 Å². The van der Waals surface area contributed by atoms with Gasteiger partial charge in [0.2, 0.25) is 11.7 Å². The Kier molecular flexibility index (Phi) is 2.79. The summed E-state index contributed by atoms with van der Waals surface area (Å²) in [5, 5.41) is 22.6. The van der Waals surface area contributed by atoms with Crippen LogP contribution in [0.3, 0.4) is 0 Å². The topological polar surface area (TPSA) is 106 Å². The van der Waals surface area contributed by atoms with E-state index < -0.39 is 4.92 Å². The second kappa shape index (κ2) is 4.40. The standard InChI is InChI=1S/C10H6N4O3/c11-6-5-9-12-10(13-17-9)7-1-3-8(4-2-7)14(15)16/h1-4H,5H2. The van der Waals surface area contributed by atoms with Crippen molar-refractivity contribution in [2.75, 3.05) is 0 Å². The molecular weight excluding hydrogens is 224 g/mol. The van der Waals surface area contributed by atoms with Crippen LogP contribution in [-0.4, -0.2) is 15.1 Å². The second-order valence-electron chi connectivity index (χ2n) is 3.15. The number of non-ortho nitro benzene ring substituents is 1. The summed E-state index contributed by atoms with van der Waals surface area (Å²) < 4.78 is 4.82. The molecule has 0 bridgehead atoms. The maximum absolute atomic E-state index is 10.5. The number of rotatable bonds is 3. The van der Waals surface area contributed by atoms with E-state index in [1.807, 2.05) is 6.07 Å². The molecule has 2 aromatic rings. The highest BCUT2D eigenvalue weighted by atomic mass is 16.6. The van der Waals surface area contributed by atoms with Crippen LogP contribution >= 0.6 is 0 Å². The zero-order valence-corrected chi connectivity index (χ0v) is 8.53. The van der Waals surface area contributed by atoms with Crippen molar-refractivity contribution in [3.05, 3.63) is 40.3 Å². The van der Waals surface area contributed by atoms with Gasteiger partial charge in [0.1, 0.15) is 6.42 Å². The largest absolute Gasteiger partial charge is 0.338 e. The van der Waals surface area contributed by atoms with E-state index in [1.165, 1.54) is 24.3 Å². The Balaban J connectivity index is 2.27. The molecule has 1 aromatic carbocycles. The summed E-state index contributed by atoms with van der Waals surface area (Å²) in [6, 6.07) is 7.65. The van der Waals surface area contributed by atoms with Crippen LogP contribution in [0.4, 0.5) is 5.69 Å².